The minimum absolute atomic E-state index is 0.0275. The van der Waals surface area contributed by atoms with Crippen LogP contribution in [0.15, 0.2) is 18.2 Å². The number of imide groups is 1. The second-order valence-corrected chi connectivity index (χ2v) is 6.64. The first-order chi connectivity index (χ1) is 9.59. The maximum atomic E-state index is 12.8. The highest BCUT2D eigenvalue weighted by molar-refractivity contribution is 6.23. The third-order valence-corrected chi connectivity index (χ3v) is 5.59. The molecule has 2 amide bonds. The molecule has 1 aliphatic heterocycles. The van der Waals surface area contributed by atoms with E-state index in [0.717, 1.165) is 36.1 Å². The number of anilines is 1. The first-order valence-electron chi connectivity index (χ1n) is 7.53. The van der Waals surface area contributed by atoms with Crippen molar-refractivity contribution < 1.29 is 9.59 Å². The molecule has 0 aromatic heterocycles. The van der Waals surface area contributed by atoms with Crippen LogP contribution < -0.4 is 4.90 Å². The molecule has 4 atom stereocenters. The van der Waals surface area contributed by atoms with Crippen LogP contribution in [0.1, 0.15) is 30.4 Å². The van der Waals surface area contributed by atoms with Gasteiger partial charge in [0.05, 0.1) is 17.5 Å². The molecule has 2 saturated carbocycles. The largest absolute Gasteiger partial charge is 0.274 e. The number of para-hydroxylation sites is 1. The fraction of sp³-hybridized carbons (Fsp3) is 0.529. The summed E-state index contributed by atoms with van der Waals surface area (Å²) >= 11 is 0. The van der Waals surface area contributed by atoms with Gasteiger partial charge in [-0.05, 0) is 56.1 Å². The molecule has 0 radical (unpaired) electrons. The van der Waals surface area contributed by atoms with Crippen molar-refractivity contribution in [2.24, 2.45) is 23.7 Å². The van der Waals surface area contributed by atoms with E-state index in [1.165, 1.54) is 4.90 Å². The highest BCUT2D eigenvalue weighted by Gasteiger charge is 2.61. The van der Waals surface area contributed by atoms with Gasteiger partial charge in [-0.25, -0.2) is 4.90 Å². The first-order valence-corrected chi connectivity index (χ1v) is 7.53. The fourth-order valence-corrected chi connectivity index (χ4v) is 4.79. The lowest BCUT2D eigenvalue weighted by Crippen LogP contribution is -2.33. The van der Waals surface area contributed by atoms with Gasteiger partial charge in [-0.1, -0.05) is 18.2 Å². The van der Waals surface area contributed by atoms with Gasteiger partial charge in [-0.15, -0.1) is 0 Å². The quantitative estimate of drug-likeness (QED) is 0.735. The lowest BCUT2D eigenvalue weighted by molar-refractivity contribution is -0.123. The van der Waals surface area contributed by atoms with E-state index in [0.29, 0.717) is 11.8 Å². The number of fused-ring (bicyclic) bond motifs is 5. The summed E-state index contributed by atoms with van der Waals surface area (Å²) < 4.78 is 0. The van der Waals surface area contributed by atoms with Gasteiger partial charge in [0.1, 0.15) is 0 Å². The Hall–Kier alpha value is -1.64. The van der Waals surface area contributed by atoms with Crippen molar-refractivity contribution in [1.29, 1.82) is 0 Å². The predicted octanol–water partition coefficient (Wildman–Crippen LogP) is 2.84. The molecule has 3 nitrogen and oxygen atoms in total. The molecule has 3 aliphatic rings. The van der Waals surface area contributed by atoms with Crippen molar-refractivity contribution in [3.8, 4) is 0 Å². The summed E-state index contributed by atoms with van der Waals surface area (Å²) in [5.74, 6) is 0.973. The zero-order valence-corrected chi connectivity index (χ0v) is 11.9. The Kier molecular flexibility index (Phi) is 2.39. The minimum Gasteiger partial charge on any atom is -0.274 e. The van der Waals surface area contributed by atoms with Gasteiger partial charge in [0, 0.05) is 0 Å². The molecule has 4 rings (SSSR count). The smallest absolute Gasteiger partial charge is 0.237 e. The second-order valence-electron chi connectivity index (χ2n) is 6.64. The van der Waals surface area contributed by atoms with Crippen molar-refractivity contribution in [3.63, 3.8) is 0 Å². The van der Waals surface area contributed by atoms with E-state index in [4.69, 9.17) is 0 Å². The zero-order chi connectivity index (χ0) is 14.0. The molecule has 1 heterocycles. The first kappa shape index (κ1) is 12.1. The van der Waals surface area contributed by atoms with E-state index >= 15 is 0 Å². The van der Waals surface area contributed by atoms with E-state index in [2.05, 4.69) is 0 Å². The Morgan fingerprint density at radius 2 is 1.45 bits per heavy atom. The predicted molar refractivity (Wildman–Crippen MR) is 76.2 cm³/mol. The van der Waals surface area contributed by atoms with Crippen LogP contribution in [0.5, 0.6) is 0 Å². The molecule has 3 heteroatoms. The van der Waals surface area contributed by atoms with Crippen LogP contribution in [0.4, 0.5) is 5.69 Å². The number of aryl methyl sites for hydroxylation is 2. The Morgan fingerprint density at radius 1 is 0.950 bits per heavy atom. The van der Waals surface area contributed by atoms with Crippen molar-refractivity contribution in [3.05, 3.63) is 29.3 Å². The summed E-state index contributed by atoms with van der Waals surface area (Å²) in [6.07, 6.45) is 3.35. The van der Waals surface area contributed by atoms with Crippen LogP contribution in [-0.2, 0) is 9.59 Å². The molecule has 1 aromatic carbocycles. The summed E-state index contributed by atoms with van der Waals surface area (Å²) in [7, 11) is 0. The Labute approximate surface area is 119 Å². The van der Waals surface area contributed by atoms with Gasteiger partial charge < -0.3 is 0 Å². The normalized spacial score (nSPS) is 35.0. The van der Waals surface area contributed by atoms with E-state index in [9.17, 15) is 9.59 Å². The molecule has 0 spiro atoms. The minimum atomic E-state index is -0.0275. The molecule has 2 bridgehead atoms. The van der Waals surface area contributed by atoms with Crippen LogP contribution in [-0.4, -0.2) is 11.8 Å². The zero-order valence-electron chi connectivity index (χ0n) is 11.9. The van der Waals surface area contributed by atoms with E-state index < -0.39 is 0 Å². The average molecular weight is 269 g/mol. The summed E-state index contributed by atoms with van der Waals surface area (Å²) in [5.41, 5.74) is 2.86. The number of benzene rings is 1. The van der Waals surface area contributed by atoms with Gasteiger partial charge >= 0.3 is 0 Å². The summed E-state index contributed by atoms with van der Waals surface area (Å²) in [5, 5.41) is 0. The monoisotopic (exact) mass is 269 g/mol. The van der Waals surface area contributed by atoms with Gasteiger partial charge in [0.25, 0.3) is 0 Å². The average Bonchev–Trinajstić information content (AvgIpc) is 3.07. The molecule has 0 unspecified atom stereocenters. The highest BCUT2D eigenvalue weighted by Crippen LogP contribution is 2.56. The van der Waals surface area contributed by atoms with Crippen LogP contribution in [0, 0.1) is 37.5 Å². The molecule has 2 aliphatic carbocycles. The number of nitrogens with zero attached hydrogens (tertiary/aromatic N) is 1. The lowest BCUT2D eigenvalue weighted by atomic mass is 9.81. The molecule has 1 saturated heterocycles. The number of amides is 2. The third-order valence-electron chi connectivity index (χ3n) is 5.59. The van der Waals surface area contributed by atoms with Crippen LogP contribution >= 0.6 is 0 Å². The van der Waals surface area contributed by atoms with E-state index in [1.54, 1.807) is 0 Å². The van der Waals surface area contributed by atoms with Crippen molar-refractivity contribution in [2.75, 3.05) is 4.90 Å². The summed E-state index contributed by atoms with van der Waals surface area (Å²) in [4.78, 5) is 27.1. The Bertz CT molecular complexity index is 573. The summed E-state index contributed by atoms with van der Waals surface area (Å²) in [6.45, 7) is 3.96. The lowest BCUT2D eigenvalue weighted by Gasteiger charge is -2.21. The number of carbonyl (C=O) groups is 2. The molecular formula is C17H19NO2. The number of hydrogen-bond donors (Lipinski definition) is 0. The van der Waals surface area contributed by atoms with Crippen LogP contribution in [0.3, 0.4) is 0 Å². The van der Waals surface area contributed by atoms with Gasteiger partial charge in [0.15, 0.2) is 0 Å². The standard InChI is InChI=1S/C17H19NO2/c1-9-4-3-5-10(2)15(9)18-16(19)13-11-6-7-12(8-11)14(13)17(18)20/h3-5,11-14H,6-8H2,1-2H3/t11-,12+,13-,14+. The maximum Gasteiger partial charge on any atom is 0.237 e. The Balaban J connectivity index is 1.81. The SMILES string of the molecule is Cc1cccc(C)c1N1C(=O)[C@@H]2[C@@H]3CC[C@@H](C3)[C@@H]2C1=O. The third kappa shape index (κ3) is 1.36. The molecule has 0 N–H and O–H groups in total. The molecule has 3 fully saturated rings. The number of hydrogen-bond acceptors (Lipinski definition) is 2. The molecule has 104 valence electrons. The fourth-order valence-electron chi connectivity index (χ4n) is 4.79. The molecule has 20 heavy (non-hydrogen) atoms. The van der Waals surface area contributed by atoms with Gasteiger partial charge in [0.2, 0.25) is 11.8 Å². The topological polar surface area (TPSA) is 37.4 Å². The highest BCUT2D eigenvalue weighted by atomic mass is 16.2. The van der Waals surface area contributed by atoms with Crippen molar-refractivity contribution in [1.82, 2.24) is 0 Å². The van der Waals surface area contributed by atoms with E-state index in [1.807, 2.05) is 32.0 Å². The molecular weight excluding hydrogens is 250 g/mol. The van der Waals surface area contributed by atoms with Gasteiger partial charge in [-0.2, -0.15) is 0 Å². The second kappa shape index (κ2) is 3.94. The van der Waals surface area contributed by atoms with Crippen LogP contribution in [0.2, 0.25) is 0 Å². The van der Waals surface area contributed by atoms with Crippen LogP contribution in [0.25, 0.3) is 0 Å². The van der Waals surface area contributed by atoms with E-state index in [-0.39, 0.29) is 23.7 Å². The maximum absolute atomic E-state index is 12.8. The number of carbonyl (C=O) groups excluding carboxylic acids is 2. The number of rotatable bonds is 1. The Morgan fingerprint density at radius 3 is 1.95 bits per heavy atom. The van der Waals surface area contributed by atoms with Gasteiger partial charge in [-0.3, -0.25) is 9.59 Å². The van der Waals surface area contributed by atoms with Crippen molar-refractivity contribution >= 4 is 17.5 Å². The molecule has 1 aromatic rings. The summed E-state index contributed by atoms with van der Waals surface area (Å²) in [6, 6.07) is 5.93. The van der Waals surface area contributed by atoms with Crippen molar-refractivity contribution in [2.45, 2.75) is 33.1 Å².